The number of hydrogen-bond donors (Lipinski definition) is 1. The van der Waals surface area contributed by atoms with Crippen LogP contribution in [0.25, 0.3) is 11.3 Å². The van der Waals surface area contributed by atoms with Gasteiger partial charge in [-0.25, -0.2) is 4.98 Å². The Labute approximate surface area is 160 Å². The largest absolute Gasteiger partial charge is 0.492 e. The quantitative estimate of drug-likeness (QED) is 0.545. The Kier molecular flexibility index (Phi) is 6.15. The number of hydrogen-bond acceptors (Lipinski definition) is 4. The van der Waals surface area contributed by atoms with E-state index in [4.69, 9.17) is 32.4 Å². The third-order valence-electron chi connectivity index (χ3n) is 3.56. The number of oxazole rings is 1. The summed E-state index contributed by atoms with van der Waals surface area (Å²) in [6.07, 6.45) is 3.89. The second-order valence-electron chi connectivity index (χ2n) is 5.52. The van der Waals surface area contributed by atoms with Gasteiger partial charge in [0.2, 0.25) is 5.91 Å². The van der Waals surface area contributed by atoms with Gasteiger partial charge < -0.3 is 14.5 Å². The second kappa shape index (κ2) is 8.74. The van der Waals surface area contributed by atoms with E-state index in [-0.39, 0.29) is 5.91 Å². The van der Waals surface area contributed by atoms with Crippen LogP contribution < -0.4 is 10.1 Å². The molecule has 3 aromatic rings. The number of rotatable bonds is 7. The SMILES string of the molecule is O=C(CCCOc1ccc(Cl)cc1Cl)Nc1cccc(-c2cnco2)c1. The molecule has 1 heterocycles. The highest BCUT2D eigenvalue weighted by Crippen LogP contribution is 2.27. The molecule has 1 aromatic heterocycles. The zero-order valence-corrected chi connectivity index (χ0v) is 15.3. The lowest BCUT2D eigenvalue weighted by Gasteiger charge is -2.09. The average molecular weight is 391 g/mol. The molecule has 26 heavy (non-hydrogen) atoms. The van der Waals surface area contributed by atoms with Crippen molar-refractivity contribution in [2.24, 2.45) is 0 Å². The van der Waals surface area contributed by atoms with Crippen molar-refractivity contribution in [2.75, 3.05) is 11.9 Å². The summed E-state index contributed by atoms with van der Waals surface area (Å²) in [5, 5.41) is 3.86. The number of nitrogens with zero attached hydrogens (tertiary/aromatic N) is 1. The van der Waals surface area contributed by atoms with Crippen molar-refractivity contribution >= 4 is 34.8 Å². The Hall–Kier alpha value is -2.50. The minimum Gasteiger partial charge on any atom is -0.492 e. The van der Waals surface area contributed by atoms with Crippen LogP contribution in [0, 0.1) is 0 Å². The number of ether oxygens (including phenoxy) is 1. The molecule has 0 aliphatic rings. The summed E-state index contributed by atoms with van der Waals surface area (Å²) >= 11 is 11.9. The molecule has 0 spiro atoms. The number of halogens is 2. The predicted molar refractivity (Wildman–Crippen MR) is 102 cm³/mol. The molecule has 0 saturated carbocycles. The molecular formula is C19H16Cl2N2O3. The van der Waals surface area contributed by atoms with E-state index in [9.17, 15) is 4.79 Å². The van der Waals surface area contributed by atoms with Gasteiger partial charge in [0.05, 0.1) is 17.8 Å². The fourth-order valence-electron chi connectivity index (χ4n) is 2.34. The average Bonchev–Trinajstić information content (AvgIpc) is 3.15. The van der Waals surface area contributed by atoms with E-state index >= 15 is 0 Å². The number of anilines is 1. The van der Waals surface area contributed by atoms with Gasteiger partial charge in [0.1, 0.15) is 5.75 Å². The van der Waals surface area contributed by atoms with Gasteiger partial charge in [0.15, 0.2) is 12.2 Å². The number of carbonyl (C=O) groups excluding carboxylic acids is 1. The van der Waals surface area contributed by atoms with Gasteiger partial charge in [-0.2, -0.15) is 0 Å². The smallest absolute Gasteiger partial charge is 0.224 e. The van der Waals surface area contributed by atoms with Crippen molar-refractivity contribution in [1.82, 2.24) is 4.98 Å². The standard InChI is InChI=1S/C19H16Cl2N2O3/c20-14-6-7-17(16(21)10-14)25-8-2-5-19(24)23-15-4-1-3-13(9-15)18-11-22-12-26-18/h1,3-4,6-7,9-12H,2,5,8H2,(H,23,24). The van der Waals surface area contributed by atoms with Gasteiger partial charge in [-0.05, 0) is 36.8 Å². The zero-order chi connectivity index (χ0) is 18.4. The summed E-state index contributed by atoms with van der Waals surface area (Å²) in [4.78, 5) is 16.0. The molecule has 5 nitrogen and oxygen atoms in total. The molecule has 134 valence electrons. The van der Waals surface area contributed by atoms with Crippen molar-refractivity contribution in [3.05, 3.63) is 65.1 Å². The van der Waals surface area contributed by atoms with Crippen LogP contribution in [-0.2, 0) is 4.79 Å². The molecule has 0 bridgehead atoms. The molecule has 1 N–H and O–H groups in total. The zero-order valence-electron chi connectivity index (χ0n) is 13.7. The maximum atomic E-state index is 12.1. The molecule has 3 rings (SSSR count). The van der Waals surface area contributed by atoms with Crippen LogP contribution >= 0.6 is 23.2 Å². The molecule has 0 radical (unpaired) electrons. The summed E-state index contributed by atoms with van der Waals surface area (Å²) in [6, 6.07) is 12.4. The molecule has 2 aromatic carbocycles. The highest BCUT2D eigenvalue weighted by atomic mass is 35.5. The highest BCUT2D eigenvalue weighted by molar-refractivity contribution is 6.35. The van der Waals surface area contributed by atoms with Gasteiger partial charge in [-0.15, -0.1) is 0 Å². The molecule has 0 saturated heterocycles. The van der Waals surface area contributed by atoms with Crippen LogP contribution in [0.1, 0.15) is 12.8 Å². The molecule has 0 unspecified atom stereocenters. The van der Waals surface area contributed by atoms with Crippen LogP contribution in [0.2, 0.25) is 10.0 Å². The molecule has 7 heteroatoms. The topological polar surface area (TPSA) is 64.4 Å². The van der Waals surface area contributed by atoms with Gasteiger partial charge in [0.25, 0.3) is 0 Å². The maximum Gasteiger partial charge on any atom is 0.224 e. The molecule has 0 fully saturated rings. The minimum absolute atomic E-state index is 0.0921. The van der Waals surface area contributed by atoms with Crippen molar-refractivity contribution in [1.29, 1.82) is 0 Å². The summed E-state index contributed by atoms with van der Waals surface area (Å²) in [5.74, 6) is 1.11. The van der Waals surface area contributed by atoms with E-state index in [1.165, 1.54) is 6.39 Å². The normalized spacial score (nSPS) is 10.5. The molecule has 0 atom stereocenters. The molecule has 1 amide bonds. The molecule has 0 aliphatic carbocycles. The van der Waals surface area contributed by atoms with Crippen molar-refractivity contribution < 1.29 is 13.9 Å². The summed E-state index contributed by atoms with van der Waals surface area (Å²) in [7, 11) is 0. The van der Waals surface area contributed by atoms with Crippen LogP contribution in [0.3, 0.4) is 0 Å². The fraction of sp³-hybridized carbons (Fsp3) is 0.158. The number of amides is 1. The van der Waals surface area contributed by atoms with E-state index < -0.39 is 0 Å². The number of carbonyl (C=O) groups is 1. The highest BCUT2D eigenvalue weighted by Gasteiger charge is 2.07. The Balaban J connectivity index is 1.46. The summed E-state index contributed by atoms with van der Waals surface area (Å²) in [6.45, 7) is 0.382. The van der Waals surface area contributed by atoms with Crippen LogP contribution in [0.4, 0.5) is 5.69 Å². The number of aromatic nitrogens is 1. The lowest BCUT2D eigenvalue weighted by atomic mass is 10.1. The van der Waals surface area contributed by atoms with Gasteiger partial charge >= 0.3 is 0 Å². The first-order chi connectivity index (χ1) is 12.6. The number of nitrogens with one attached hydrogen (secondary N) is 1. The van der Waals surface area contributed by atoms with E-state index in [1.807, 2.05) is 24.3 Å². The fourth-order valence-corrected chi connectivity index (χ4v) is 2.80. The first-order valence-electron chi connectivity index (χ1n) is 7.98. The Morgan fingerprint density at radius 2 is 2.08 bits per heavy atom. The Morgan fingerprint density at radius 1 is 1.19 bits per heavy atom. The van der Waals surface area contributed by atoms with Crippen molar-refractivity contribution in [2.45, 2.75) is 12.8 Å². The van der Waals surface area contributed by atoms with Gasteiger partial charge in [0, 0.05) is 22.7 Å². The first-order valence-corrected chi connectivity index (χ1v) is 8.74. The van der Waals surface area contributed by atoms with Gasteiger partial charge in [-0.1, -0.05) is 35.3 Å². The van der Waals surface area contributed by atoms with Crippen LogP contribution in [-0.4, -0.2) is 17.5 Å². The lowest BCUT2D eigenvalue weighted by Crippen LogP contribution is -2.12. The van der Waals surface area contributed by atoms with Crippen molar-refractivity contribution in [3.8, 4) is 17.1 Å². The summed E-state index contributed by atoms with van der Waals surface area (Å²) in [5.41, 5.74) is 1.55. The lowest BCUT2D eigenvalue weighted by molar-refractivity contribution is -0.116. The molecular weight excluding hydrogens is 375 g/mol. The van der Waals surface area contributed by atoms with Crippen LogP contribution in [0.15, 0.2) is 59.5 Å². The summed E-state index contributed by atoms with van der Waals surface area (Å²) < 4.78 is 10.8. The Morgan fingerprint density at radius 3 is 2.85 bits per heavy atom. The van der Waals surface area contributed by atoms with E-state index in [0.717, 1.165) is 5.56 Å². The monoisotopic (exact) mass is 390 g/mol. The van der Waals surface area contributed by atoms with Crippen LogP contribution in [0.5, 0.6) is 5.75 Å². The van der Waals surface area contributed by atoms with Crippen molar-refractivity contribution in [3.63, 3.8) is 0 Å². The first kappa shape index (κ1) is 18.3. The maximum absolute atomic E-state index is 12.1. The van der Waals surface area contributed by atoms with Gasteiger partial charge in [-0.3, -0.25) is 4.79 Å². The molecule has 0 aliphatic heterocycles. The van der Waals surface area contributed by atoms with E-state index in [1.54, 1.807) is 24.4 Å². The third kappa shape index (κ3) is 5.00. The predicted octanol–water partition coefficient (Wildman–Crippen LogP) is 5.45. The third-order valence-corrected chi connectivity index (χ3v) is 4.09. The second-order valence-corrected chi connectivity index (χ2v) is 6.37. The minimum atomic E-state index is -0.0921. The Bertz CT molecular complexity index is 882. The van der Waals surface area contributed by atoms with E-state index in [2.05, 4.69) is 10.3 Å². The van der Waals surface area contributed by atoms with E-state index in [0.29, 0.717) is 46.7 Å². The number of benzene rings is 2.